The van der Waals surface area contributed by atoms with Gasteiger partial charge < -0.3 is 20.2 Å². The Hall–Kier alpha value is -1.61. The van der Waals surface area contributed by atoms with Crippen molar-refractivity contribution in [3.8, 4) is 0 Å². The summed E-state index contributed by atoms with van der Waals surface area (Å²) in [4.78, 5) is 8.66. The molecular weight excluding hydrogens is 467 g/mol. The van der Waals surface area contributed by atoms with E-state index < -0.39 is 6.10 Å². The van der Waals surface area contributed by atoms with E-state index in [-0.39, 0.29) is 24.0 Å². The maximum absolute atomic E-state index is 10.4. The molecule has 7 heteroatoms. The van der Waals surface area contributed by atoms with Crippen molar-refractivity contribution in [3.05, 3.63) is 54.2 Å². The second kappa shape index (κ2) is 10.2. The maximum Gasteiger partial charge on any atom is 0.191 e. The number of hydrogen-bond acceptors (Lipinski definition) is 4. The van der Waals surface area contributed by atoms with Gasteiger partial charge in [0.2, 0.25) is 0 Å². The molecule has 0 amide bonds. The highest BCUT2D eigenvalue weighted by atomic mass is 127. The molecule has 28 heavy (non-hydrogen) atoms. The highest BCUT2D eigenvalue weighted by Crippen LogP contribution is 2.44. The Labute approximate surface area is 183 Å². The van der Waals surface area contributed by atoms with Gasteiger partial charge in [0.25, 0.3) is 0 Å². The standard InChI is InChI=1S/C21H28N4O2.HI/c26-20(16-5-8-22-9-6-16)14-24-21(23-10-7-18-2-1-11-27-18)25-19-13-15-3-4-17(19)12-15;/h1-2,5-6,8-9,11,15,17,19-20,26H,3-4,7,10,12-14H2,(H2,23,24,25);1H. The van der Waals surface area contributed by atoms with Crippen molar-refractivity contribution in [3.63, 3.8) is 0 Å². The number of halogens is 1. The molecule has 0 spiro atoms. The molecule has 0 aliphatic heterocycles. The molecule has 0 aromatic carbocycles. The summed E-state index contributed by atoms with van der Waals surface area (Å²) in [5.41, 5.74) is 0.837. The minimum Gasteiger partial charge on any atom is -0.469 e. The van der Waals surface area contributed by atoms with E-state index in [0.717, 1.165) is 42.1 Å². The van der Waals surface area contributed by atoms with Crippen LogP contribution in [0.5, 0.6) is 0 Å². The number of nitrogens with one attached hydrogen (secondary N) is 2. The van der Waals surface area contributed by atoms with Crippen molar-refractivity contribution in [1.29, 1.82) is 0 Å². The smallest absolute Gasteiger partial charge is 0.191 e. The van der Waals surface area contributed by atoms with Gasteiger partial charge in [-0.3, -0.25) is 9.98 Å². The summed E-state index contributed by atoms with van der Waals surface area (Å²) in [6.07, 6.45) is 10.5. The molecule has 0 saturated heterocycles. The zero-order chi connectivity index (χ0) is 18.5. The average Bonchev–Trinajstić information content (AvgIpc) is 3.45. The second-order valence-electron chi connectivity index (χ2n) is 7.67. The summed E-state index contributed by atoms with van der Waals surface area (Å²) in [7, 11) is 0. The highest BCUT2D eigenvalue weighted by molar-refractivity contribution is 14.0. The molecular formula is C21H29IN4O2. The zero-order valence-electron chi connectivity index (χ0n) is 16.0. The van der Waals surface area contributed by atoms with Crippen LogP contribution in [0.15, 0.2) is 52.3 Å². The van der Waals surface area contributed by atoms with Crippen molar-refractivity contribution in [2.45, 2.75) is 44.2 Å². The van der Waals surface area contributed by atoms with Crippen LogP contribution in [0.4, 0.5) is 0 Å². The summed E-state index contributed by atoms with van der Waals surface area (Å²) in [5, 5.41) is 17.4. The Morgan fingerprint density at radius 1 is 1.25 bits per heavy atom. The molecule has 4 atom stereocenters. The molecule has 2 aliphatic carbocycles. The van der Waals surface area contributed by atoms with E-state index in [1.165, 1.54) is 25.7 Å². The van der Waals surface area contributed by atoms with Crippen LogP contribution in [-0.2, 0) is 6.42 Å². The Kier molecular flexibility index (Phi) is 7.73. The van der Waals surface area contributed by atoms with Crippen molar-refractivity contribution in [1.82, 2.24) is 15.6 Å². The van der Waals surface area contributed by atoms with Gasteiger partial charge >= 0.3 is 0 Å². The first kappa shape index (κ1) is 21.1. The molecule has 2 saturated carbocycles. The van der Waals surface area contributed by atoms with E-state index in [0.29, 0.717) is 12.6 Å². The van der Waals surface area contributed by atoms with Crippen LogP contribution in [0.3, 0.4) is 0 Å². The predicted octanol–water partition coefficient (Wildman–Crippen LogP) is 3.29. The molecule has 2 aliphatic rings. The van der Waals surface area contributed by atoms with Crippen LogP contribution in [-0.4, -0.2) is 35.2 Å². The van der Waals surface area contributed by atoms with Gasteiger partial charge in [0.15, 0.2) is 5.96 Å². The fourth-order valence-electron chi connectivity index (χ4n) is 4.38. The SMILES string of the molecule is I.OC(CN=C(NCCc1ccco1)NC1CC2CCC1C2)c1ccncc1. The number of aliphatic hydroxyl groups is 1. The third kappa shape index (κ3) is 5.47. The van der Waals surface area contributed by atoms with Crippen molar-refractivity contribution in [2.24, 2.45) is 16.8 Å². The minimum atomic E-state index is -0.628. The van der Waals surface area contributed by atoms with Crippen molar-refractivity contribution in [2.75, 3.05) is 13.1 Å². The molecule has 152 valence electrons. The van der Waals surface area contributed by atoms with Crippen LogP contribution in [0.2, 0.25) is 0 Å². The number of aliphatic hydroxyl groups excluding tert-OH is 1. The van der Waals surface area contributed by atoms with Crippen LogP contribution in [0, 0.1) is 11.8 Å². The maximum atomic E-state index is 10.4. The number of furan rings is 1. The molecule has 0 radical (unpaired) electrons. The van der Waals surface area contributed by atoms with E-state index in [1.807, 2.05) is 24.3 Å². The number of nitrogens with zero attached hydrogens (tertiary/aromatic N) is 2. The lowest BCUT2D eigenvalue weighted by Crippen LogP contribution is -2.46. The van der Waals surface area contributed by atoms with E-state index in [2.05, 4.69) is 20.6 Å². The number of aliphatic imine (C=N–C) groups is 1. The summed E-state index contributed by atoms with van der Waals surface area (Å²) >= 11 is 0. The van der Waals surface area contributed by atoms with Crippen LogP contribution in [0.25, 0.3) is 0 Å². The first-order valence-electron chi connectivity index (χ1n) is 9.93. The lowest BCUT2D eigenvalue weighted by molar-refractivity contribution is 0.187. The van der Waals surface area contributed by atoms with Gasteiger partial charge in [-0.05, 0) is 60.9 Å². The van der Waals surface area contributed by atoms with Crippen LogP contribution < -0.4 is 10.6 Å². The molecule has 4 rings (SSSR count). The molecule has 2 fully saturated rings. The summed E-state index contributed by atoms with van der Waals surface area (Å²) in [5.74, 6) is 3.38. The van der Waals surface area contributed by atoms with Gasteiger partial charge in [0.05, 0.1) is 18.9 Å². The third-order valence-electron chi connectivity index (χ3n) is 5.82. The molecule has 6 nitrogen and oxygen atoms in total. The first-order chi connectivity index (χ1) is 13.3. The topological polar surface area (TPSA) is 82.7 Å². The van der Waals surface area contributed by atoms with Gasteiger partial charge in [0, 0.05) is 31.4 Å². The lowest BCUT2D eigenvalue weighted by Gasteiger charge is -2.25. The van der Waals surface area contributed by atoms with Crippen LogP contribution in [0.1, 0.15) is 43.1 Å². The zero-order valence-corrected chi connectivity index (χ0v) is 18.3. The number of fused-ring (bicyclic) bond motifs is 2. The minimum absolute atomic E-state index is 0. The molecule has 2 aromatic rings. The highest BCUT2D eigenvalue weighted by Gasteiger charge is 2.39. The van der Waals surface area contributed by atoms with Gasteiger partial charge in [-0.15, -0.1) is 24.0 Å². The van der Waals surface area contributed by atoms with Gasteiger partial charge in [-0.2, -0.15) is 0 Å². The Balaban J connectivity index is 0.00000225. The Morgan fingerprint density at radius 2 is 2.11 bits per heavy atom. The summed E-state index contributed by atoms with van der Waals surface area (Å²) in [6.45, 7) is 1.06. The van der Waals surface area contributed by atoms with Crippen molar-refractivity contribution >= 4 is 29.9 Å². The molecule has 2 aromatic heterocycles. The van der Waals surface area contributed by atoms with Gasteiger partial charge in [-0.1, -0.05) is 6.42 Å². The molecule has 4 unspecified atom stereocenters. The average molecular weight is 496 g/mol. The lowest BCUT2D eigenvalue weighted by atomic mass is 9.95. The largest absolute Gasteiger partial charge is 0.469 e. The summed E-state index contributed by atoms with van der Waals surface area (Å²) < 4.78 is 5.40. The first-order valence-corrected chi connectivity index (χ1v) is 9.93. The second-order valence-corrected chi connectivity index (χ2v) is 7.67. The van der Waals surface area contributed by atoms with Crippen molar-refractivity contribution < 1.29 is 9.52 Å². The predicted molar refractivity (Wildman–Crippen MR) is 120 cm³/mol. The Bertz CT molecular complexity index is 738. The third-order valence-corrected chi connectivity index (χ3v) is 5.82. The molecule has 2 bridgehead atoms. The van der Waals surface area contributed by atoms with Gasteiger partial charge in [-0.25, -0.2) is 0 Å². The molecule has 3 N–H and O–H groups in total. The quantitative estimate of drug-likeness (QED) is 0.312. The van der Waals surface area contributed by atoms with E-state index in [1.54, 1.807) is 18.7 Å². The fraction of sp³-hybridized carbons (Fsp3) is 0.524. The number of hydrogen-bond donors (Lipinski definition) is 3. The monoisotopic (exact) mass is 496 g/mol. The fourth-order valence-corrected chi connectivity index (χ4v) is 4.38. The van der Waals surface area contributed by atoms with E-state index in [9.17, 15) is 5.11 Å². The molecule has 2 heterocycles. The summed E-state index contributed by atoms with van der Waals surface area (Å²) in [6, 6.07) is 8.04. The van der Waals surface area contributed by atoms with E-state index in [4.69, 9.17) is 4.42 Å². The van der Waals surface area contributed by atoms with E-state index >= 15 is 0 Å². The number of rotatable bonds is 7. The number of pyridine rings is 1. The number of aromatic nitrogens is 1. The number of guanidine groups is 1. The van der Waals surface area contributed by atoms with Crippen LogP contribution >= 0.6 is 24.0 Å². The van der Waals surface area contributed by atoms with Gasteiger partial charge in [0.1, 0.15) is 5.76 Å². The normalized spacial score (nSPS) is 24.6. The Morgan fingerprint density at radius 3 is 2.79 bits per heavy atom.